The molecule has 0 saturated heterocycles. The number of thiophene rings is 1. The molecule has 9 aromatic rings. The van der Waals surface area contributed by atoms with Crippen LogP contribution < -0.4 is 0 Å². The van der Waals surface area contributed by atoms with Gasteiger partial charge in [0.1, 0.15) is 0 Å². The van der Waals surface area contributed by atoms with Gasteiger partial charge in [-0.2, -0.15) is 0 Å². The summed E-state index contributed by atoms with van der Waals surface area (Å²) < 4.78 is 2.44. The van der Waals surface area contributed by atoms with Gasteiger partial charge in [0.2, 0.25) is 0 Å². The SMILES string of the molecule is c1ccc2c(c1)sc1c(-c3cnc4c(c3)c3cccc5c3-c3c(cccc3c3cccnc34)c3ccccc3c3ccccc53)nccc12. The van der Waals surface area contributed by atoms with Crippen LogP contribution in [-0.4, -0.2) is 15.0 Å². The van der Waals surface area contributed by atoms with Gasteiger partial charge in [-0.15, -0.1) is 11.3 Å². The molecule has 0 fully saturated rings. The van der Waals surface area contributed by atoms with E-state index in [4.69, 9.17) is 15.0 Å². The zero-order valence-corrected chi connectivity index (χ0v) is 27.0. The van der Waals surface area contributed by atoms with E-state index in [0.717, 1.165) is 43.8 Å². The van der Waals surface area contributed by atoms with Crippen LogP contribution in [0.4, 0.5) is 0 Å². The van der Waals surface area contributed by atoms with Crippen molar-refractivity contribution in [2.24, 2.45) is 0 Å². The summed E-state index contributed by atoms with van der Waals surface area (Å²) in [6.45, 7) is 0. The van der Waals surface area contributed by atoms with Crippen LogP contribution in [0.15, 0.2) is 152 Å². The van der Waals surface area contributed by atoms with Gasteiger partial charge in [0.05, 0.1) is 21.4 Å². The molecule has 2 aliphatic rings. The molecule has 0 N–H and O–H groups in total. The molecule has 4 heteroatoms. The van der Waals surface area contributed by atoms with E-state index < -0.39 is 0 Å². The summed E-state index contributed by atoms with van der Waals surface area (Å²) in [6.07, 6.45) is 5.80. The van der Waals surface area contributed by atoms with Gasteiger partial charge in [0, 0.05) is 50.4 Å². The predicted octanol–water partition coefficient (Wildman–Crippen LogP) is 12.5. The van der Waals surface area contributed by atoms with E-state index in [2.05, 4.69) is 127 Å². The maximum absolute atomic E-state index is 5.27. The highest BCUT2D eigenvalue weighted by Gasteiger charge is 2.21. The summed E-state index contributed by atoms with van der Waals surface area (Å²) in [7, 11) is 0. The maximum atomic E-state index is 5.27. The second-order valence-corrected chi connectivity index (χ2v) is 13.8. The average molecular weight is 640 g/mol. The first kappa shape index (κ1) is 26.8. The quantitative estimate of drug-likeness (QED) is 0.179. The predicted molar refractivity (Wildman–Crippen MR) is 209 cm³/mol. The minimum absolute atomic E-state index is 0.878. The Hall–Kier alpha value is -6.23. The van der Waals surface area contributed by atoms with Crippen molar-refractivity contribution >= 4 is 96.4 Å². The molecule has 0 spiro atoms. The molecule has 0 amide bonds. The van der Waals surface area contributed by atoms with Crippen LogP contribution in [0.2, 0.25) is 0 Å². The molecule has 226 valence electrons. The van der Waals surface area contributed by atoms with Crippen molar-refractivity contribution in [1.29, 1.82) is 0 Å². The Morgan fingerprint density at radius 2 is 0.898 bits per heavy atom. The van der Waals surface area contributed by atoms with Gasteiger partial charge in [-0.25, -0.2) is 0 Å². The van der Waals surface area contributed by atoms with Crippen molar-refractivity contribution in [3.63, 3.8) is 0 Å². The number of hydrogen-bond donors (Lipinski definition) is 0. The van der Waals surface area contributed by atoms with Gasteiger partial charge in [0.25, 0.3) is 0 Å². The van der Waals surface area contributed by atoms with Crippen molar-refractivity contribution in [1.82, 2.24) is 15.0 Å². The van der Waals surface area contributed by atoms with E-state index in [9.17, 15) is 0 Å². The van der Waals surface area contributed by atoms with E-state index in [1.54, 1.807) is 11.3 Å². The third kappa shape index (κ3) is 3.75. The summed E-state index contributed by atoms with van der Waals surface area (Å²) in [5, 5.41) is 14.3. The lowest BCUT2D eigenvalue weighted by molar-refractivity contribution is 1.33. The summed E-state index contributed by atoms with van der Waals surface area (Å²) in [4.78, 5) is 15.3. The number of aromatic nitrogens is 3. The number of fused-ring (bicyclic) bond motifs is 13. The van der Waals surface area contributed by atoms with Crippen molar-refractivity contribution < 1.29 is 0 Å². The summed E-state index contributed by atoms with van der Waals surface area (Å²) in [5.74, 6) is 0. The number of nitrogens with zero attached hydrogens (tertiary/aromatic N) is 3. The minimum atomic E-state index is 0.878. The topological polar surface area (TPSA) is 38.7 Å². The monoisotopic (exact) mass is 639 g/mol. The molecule has 0 unspecified atom stereocenters. The van der Waals surface area contributed by atoms with Crippen molar-refractivity contribution in [3.05, 3.63) is 152 Å². The minimum Gasteiger partial charge on any atom is -0.255 e. The van der Waals surface area contributed by atoms with E-state index in [1.165, 1.54) is 63.6 Å². The van der Waals surface area contributed by atoms with Crippen LogP contribution >= 0.6 is 11.3 Å². The second kappa shape index (κ2) is 10.1. The molecule has 5 aromatic carbocycles. The van der Waals surface area contributed by atoms with E-state index in [1.807, 2.05) is 24.7 Å². The lowest BCUT2D eigenvalue weighted by Gasteiger charge is -2.19. The van der Waals surface area contributed by atoms with Gasteiger partial charge in [0.15, 0.2) is 0 Å². The largest absolute Gasteiger partial charge is 0.255 e. The Labute approximate surface area is 284 Å². The van der Waals surface area contributed by atoms with E-state index >= 15 is 0 Å². The lowest BCUT2D eigenvalue weighted by atomic mass is 9.85. The van der Waals surface area contributed by atoms with E-state index in [0.29, 0.717) is 0 Å². The third-order valence-corrected chi connectivity index (χ3v) is 11.4. The fourth-order valence-electron chi connectivity index (χ4n) is 8.10. The number of rotatable bonds is 1. The highest BCUT2D eigenvalue weighted by Crippen LogP contribution is 2.47. The van der Waals surface area contributed by atoms with Gasteiger partial charge in [-0.05, 0) is 78.5 Å². The molecule has 0 radical (unpaired) electrons. The summed E-state index contributed by atoms with van der Waals surface area (Å²) in [6, 6.07) is 48.4. The summed E-state index contributed by atoms with van der Waals surface area (Å²) in [5.41, 5.74) is 6.16. The molecule has 0 bridgehead atoms. The maximum Gasteiger partial charge on any atom is 0.0971 e. The van der Waals surface area contributed by atoms with Gasteiger partial charge in [-0.3, -0.25) is 15.0 Å². The highest BCUT2D eigenvalue weighted by atomic mass is 32.1. The molecule has 3 nitrogen and oxygen atoms in total. The second-order valence-electron chi connectivity index (χ2n) is 12.7. The Kier molecular flexibility index (Phi) is 5.54. The molecule has 49 heavy (non-hydrogen) atoms. The van der Waals surface area contributed by atoms with Crippen LogP contribution in [0.5, 0.6) is 0 Å². The first-order valence-corrected chi connectivity index (χ1v) is 17.3. The molecular formula is C45H25N3S. The molecule has 11 rings (SSSR count). The highest BCUT2D eigenvalue weighted by molar-refractivity contribution is 7.26. The Balaban J connectivity index is 1.41. The zero-order chi connectivity index (χ0) is 32.1. The van der Waals surface area contributed by atoms with Crippen molar-refractivity contribution in [3.8, 4) is 22.4 Å². The van der Waals surface area contributed by atoms with Crippen LogP contribution in [0.1, 0.15) is 0 Å². The molecule has 0 aliphatic heterocycles. The van der Waals surface area contributed by atoms with Crippen LogP contribution in [-0.2, 0) is 0 Å². The Morgan fingerprint density at radius 1 is 0.367 bits per heavy atom. The number of benzene rings is 5. The van der Waals surface area contributed by atoms with Crippen molar-refractivity contribution in [2.75, 3.05) is 0 Å². The first-order chi connectivity index (χ1) is 24.3. The third-order valence-electron chi connectivity index (χ3n) is 10.2. The molecular weight excluding hydrogens is 615 g/mol. The molecule has 4 aromatic heterocycles. The van der Waals surface area contributed by atoms with Gasteiger partial charge in [-0.1, -0.05) is 109 Å². The Morgan fingerprint density at radius 3 is 1.59 bits per heavy atom. The fraction of sp³-hybridized carbons (Fsp3) is 0. The number of hydrogen-bond acceptors (Lipinski definition) is 4. The van der Waals surface area contributed by atoms with Crippen LogP contribution in [0.25, 0.3) is 107 Å². The normalized spacial score (nSPS) is 12.1. The molecule has 0 atom stereocenters. The zero-order valence-electron chi connectivity index (χ0n) is 26.2. The Bertz CT molecular complexity index is 3180. The molecule has 0 saturated carbocycles. The lowest BCUT2D eigenvalue weighted by Crippen LogP contribution is -1.94. The molecule has 2 aliphatic carbocycles. The average Bonchev–Trinajstić information content (AvgIpc) is 3.55. The van der Waals surface area contributed by atoms with Crippen molar-refractivity contribution in [2.45, 2.75) is 0 Å². The smallest absolute Gasteiger partial charge is 0.0971 e. The fourth-order valence-corrected chi connectivity index (χ4v) is 9.31. The van der Waals surface area contributed by atoms with Crippen LogP contribution in [0.3, 0.4) is 0 Å². The van der Waals surface area contributed by atoms with Gasteiger partial charge >= 0.3 is 0 Å². The van der Waals surface area contributed by atoms with E-state index in [-0.39, 0.29) is 0 Å². The first-order valence-electron chi connectivity index (χ1n) is 16.5. The van der Waals surface area contributed by atoms with Crippen LogP contribution in [0, 0.1) is 0 Å². The number of pyridine rings is 3. The molecule has 4 heterocycles. The standard InChI is InChI=1S/C45H25N3S/c1-3-12-29-27(10-1)28-11-2-4-13-30(28)33-16-8-18-35-38-24-26(42-45-37(21-23-47-42)31-14-5-6-20-39(31)49-45)25-48-44(38)43-36(19-9-22-46-43)34-17-7-15-32(29)40(34)41(33)35/h1-25H. The van der Waals surface area contributed by atoms with Gasteiger partial charge < -0.3 is 0 Å². The summed E-state index contributed by atoms with van der Waals surface area (Å²) >= 11 is 1.79.